The molecule has 14 heteroatoms. The number of amides is 1. The zero-order valence-electron chi connectivity index (χ0n) is 23.5. The third-order valence-electron chi connectivity index (χ3n) is 7.41. The minimum Gasteiger partial charge on any atom is -0.508 e. The fourth-order valence-electron chi connectivity index (χ4n) is 5.02. The van der Waals surface area contributed by atoms with Gasteiger partial charge in [-0.2, -0.15) is 0 Å². The minimum atomic E-state index is -1.75. The van der Waals surface area contributed by atoms with E-state index >= 15 is 0 Å². The second kappa shape index (κ2) is 18.3. The third-order valence-corrected chi connectivity index (χ3v) is 7.41. The highest BCUT2D eigenvalue weighted by Gasteiger charge is 2.51. The lowest BCUT2D eigenvalue weighted by atomic mass is 9.95. The number of hydrogen-bond donors (Lipinski definition) is 8. The largest absolute Gasteiger partial charge is 0.508 e. The van der Waals surface area contributed by atoms with Gasteiger partial charge in [0.1, 0.15) is 55.4 Å². The number of unbranched alkanes of at least 4 members (excludes halogenated alkanes) is 7. The number of carbonyl (C=O) groups is 1. The van der Waals surface area contributed by atoms with Gasteiger partial charge >= 0.3 is 0 Å². The van der Waals surface area contributed by atoms with Crippen LogP contribution in [0.2, 0.25) is 0 Å². The van der Waals surface area contributed by atoms with Gasteiger partial charge in [-0.15, -0.1) is 0 Å². The molecular formula is C26H49N3O11. The summed E-state index contributed by atoms with van der Waals surface area (Å²) in [6, 6.07) is -1.60. The second-order valence-electron chi connectivity index (χ2n) is 10.7. The Morgan fingerprint density at radius 2 is 1.48 bits per heavy atom. The molecule has 2 aliphatic rings. The third kappa shape index (κ3) is 10.2. The van der Waals surface area contributed by atoms with Crippen LogP contribution >= 0.6 is 0 Å². The van der Waals surface area contributed by atoms with Crippen molar-refractivity contribution in [2.45, 2.75) is 139 Å². The predicted molar refractivity (Wildman–Crippen MR) is 139 cm³/mol. The van der Waals surface area contributed by atoms with Crippen LogP contribution in [0.1, 0.15) is 71.6 Å². The molecule has 0 aromatic heterocycles. The highest BCUT2D eigenvalue weighted by molar-refractivity contribution is 5.73. The van der Waals surface area contributed by atoms with Crippen molar-refractivity contribution in [1.29, 1.82) is 0 Å². The number of aliphatic hydroxyl groups excluding tert-OH is 6. The molecule has 0 aromatic carbocycles. The van der Waals surface area contributed by atoms with E-state index in [0.29, 0.717) is 6.42 Å². The number of carbonyl (C=O) groups excluding carboxylic acids is 1. The highest BCUT2D eigenvalue weighted by Crippen LogP contribution is 2.29. The molecule has 0 saturated carbocycles. The Balaban J connectivity index is 1.98. The van der Waals surface area contributed by atoms with Crippen LogP contribution < -0.4 is 10.4 Å². The lowest BCUT2D eigenvalue weighted by Gasteiger charge is -2.47. The lowest BCUT2D eigenvalue weighted by Crippen LogP contribution is -2.74. The van der Waals surface area contributed by atoms with E-state index in [0.717, 1.165) is 19.3 Å². The van der Waals surface area contributed by atoms with Gasteiger partial charge in [-0.3, -0.25) is 4.79 Å². The fraction of sp³-hybridized carbons (Fsp3) is 0.962. The normalized spacial score (nSPS) is 35.3. The maximum Gasteiger partial charge on any atom is 0.217 e. The van der Waals surface area contributed by atoms with Crippen LogP contribution in [-0.2, 0) is 23.7 Å². The topological polar surface area (TPSA) is 224 Å². The van der Waals surface area contributed by atoms with Gasteiger partial charge in [0, 0.05) is 13.3 Å². The average Bonchev–Trinajstić information content (AvgIpc) is 2.94. The zero-order chi connectivity index (χ0) is 29.7. The van der Waals surface area contributed by atoms with E-state index in [1.807, 2.05) is 0 Å². The molecule has 2 aliphatic heterocycles. The monoisotopic (exact) mass is 579 g/mol. The first-order valence-electron chi connectivity index (χ1n) is 14.4. The zero-order valence-corrected chi connectivity index (χ0v) is 23.5. The summed E-state index contributed by atoms with van der Waals surface area (Å²) in [6.07, 6.45) is -3.51. The minimum absolute atomic E-state index is 0.0170. The predicted octanol–water partition coefficient (Wildman–Crippen LogP) is -2.23. The van der Waals surface area contributed by atoms with Gasteiger partial charge in [0.25, 0.3) is 0 Å². The van der Waals surface area contributed by atoms with Crippen molar-refractivity contribution in [2.24, 2.45) is 0 Å². The molecule has 11 atom stereocenters. The van der Waals surface area contributed by atoms with Crippen LogP contribution in [0.15, 0.2) is 0 Å². The van der Waals surface area contributed by atoms with E-state index in [4.69, 9.17) is 18.9 Å². The molecule has 1 amide bonds. The Hall–Kier alpha value is -1.33. The standard InChI is InChI=1S/C26H49N3O11/c1-3-4-5-6-7-8-9-10-11-16(29-27)14-37-25-19(28-15(2)32)21(34)24(18(13-31)39-25)40-26-23(36)22(35)20(33)17(12-30)38-26/h16-26,29-31,33-36H,3-14H2,1-2H3,(H,28,32)/t16?,17?,18?,19?,20-,21+,22-,23?,24+,25+,26-/m0/s1. The van der Waals surface area contributed by atoms with Gasteiger partial charge in [0.15, 0.2) is 18.6 Å². The molecule has 2 heterocycles. The molecule has 0 aromatic rings. The van der Waals surface area contributed by atoms with Crippen molar-refractivity contribution in [2.75, 3.05) is 19.8 Å². The summed E-state index contributed by atoms with van der Waals surface area (Å²) in [5.74, 6) is -0.508. The number of ether oxygens (including phenoxy) is 4. The van der Waals surface area contributed by atoms with Crippen LogP contribution in [0.5, 0.6) is 0 Å². The number of aliphatic hydroxyl groups is 6. The summed E-state index contributed by atoms with van der Waals surface area (Å²) in [5.41, 5.74) is 9.60. The average molecular weight is 580 g/mol. The Kier molecular flexibility index (Phi) is 15.9. The van der Waals surface area contributed by atoms with Crippen LogP contribution in [0.4, 0.5) is 0 Å². The maximum atomic E-state index is 11.9. The molecule has 14 nitrogen and oxygen atoms in total. The number of rotatable bonds is 18. The number of nitrogens with one attached hydrogen (secondary N) is 2. The maximum absolute atomic E-state index is 11.9. The van der Waals surface area contributed by atoms with Crippen molar-refractivity contribution >= 4 is 5.91 Å². The van der Waals surface area contributed by atoms with E-state index in [9.17, 15) is 41.0 Å². The van der Waals surface area contributed by atoms with Gasteiger partial charge in [-0.25, -0.2) is 0 Å². The van der Waals surface area contributed by atoms with E-state index in [1.54, 1.807) is 0 Å². The summed E-state index contributed by atoms with van der Waals surface area (Å²) < 4.78 is 22.7. The van der Waals surface area contributed by atoms with E-state index < -0.39 is 86.5 Å². The molecule has 234 valence electrons. The summed E-state index contributed by atoms with van der Waals surface area (Å²) in [5, 5.41) is 65.7. The Morgan fingerprint density at radius 3 is 2.05 bits per heavy atom. The summed E-state index contributed by atoms with van der Waals surface area (Å²) in [4.78, 5) is 11.9. The van der Waals surface area contributed by atoms with E-state index in [-0.39, 0.29) is 6.61 Å². The van der Waals surface area contributed by atoms with Gasteiger partial charge in [0.2, 0.25) is 5.91 Å². The van der Waals surface area contributed by atoms with Crippen LogP contribution in [-0.4, -0.2) is 124 Å². The highest BCUT2D eigenvalue weighted by atomic mass is 16.7. The molecule has 2 rings (SSSR count). The van der Waals surface area contributed by atoms with Gasteiger partial charge < -0.3 is 65.5 Å². The molecule has 0 aliphatic carbocycles. The van der Waals surface area contributed by atoms with Crippen molar-refractivity contribution < 1.29 is 59.5 Å². The molecule has 0 spiro atoms. The summed E-state index contributed by atoms with van der Waals surface area (Å²) >= 11 is 0. The van der Waals surface area contributed by atoms with E-state index in [2.05, 4.69) is 17.4 Å². The summed E-state index contributed by atoms with van der Waals surface area (Å²) in [7, 11) is 0. The first kappa shape index (κ1) is 34.9. The van der Waals surface area contributed by atoms with Crippen molar-refractivity contribution in [3.8, 4) is 0 Å². The Morgan fingerprint density at radius 1 is 0.875 bits per heavy atom. The molecule has 40 heavy (non-hydrogen) atoms. The summed E-state index contributed by atoms with van der Waals surface area (Å²) in [6.45, 7) is 2.07. The first-order chi connectivity index (χ1) is 19.2. The Bertz CT molecular complexity index is 734. The number of hydrogen-bond acceptors (Lipinski definition) is 11. The molecule has 2 fully saturated rings. The quantitative estimate of drug-likeness (QED) is 0.0641. The molecule has 8 N–H and O–H groups in total. The van der Waals surface area contributed by atoms with Crippen molar-refractivity contribution in [3.63, 3.8) is 0 Å². The fourth-order valence-corrected chi connectivity index (χ4v) is 5.02. The molecule has 5 unspecified atom stereocenters. The number of nitrogens with zero attached hydrogens (tertiary/aromatic N) is 1. The second-order valence-corrected chi connectivity index (χ2v) is 10.7. The smallest absolute Gasteiger partial charge is 0.217 e. The molecule has 0 radical (unpaired) electrons. The van der Waals surface area contributed by atoms with Crippen molar-refractivity contribution in [1.82, 2.24) is 5.32 Å². The molecular weight excluding hydrogens is 530 g/mol. The van der Waals surface area contributed by atoms with Gasteiger partial charge in [-0.1, -0.05) is 51.9 Å². The SMILES string of the molecule is CCCCCCCCCCC(CO[C@@H]1OC(CO)[C@@H](O[C@@H]2OC(CO)[C@H](O)[C@H](O)C2O)[C@H](O)C1NC(C)=O)[NH+]=[N-]. The van der Waals surface area contributed by atoms with Crippen LogP contribution in [0.3, 0.4) is 0 Å². The first-order valence-corrected chi connectivity index (χ1v) is 14.4. The van der Waals surface area contributed by atoms with Crippen LogP contribution in [0.25, 0.3) is 5.53 Å². The van der Waals surface area contributed by atoms with Gasteiger partial charge in [-0.05, 0) is 6.42 Å². The lowest BCUT2D eigenvalue weighted by molar-refractivity contribution is -0.533. The molecule has 0 bridgehead atoms. The van der Waals surface area contributed by atoms with Gasteiger partial charge in [0.05, 0.1) is 13.2 Å². The Labute approximate surface area is 235 Å². The molecule has 2 saturated heterocycles. The van der Waals surface area contributed by atoms with Crippen LogP contribution in [0, 0.1) is 0 Å². The van der Waals surface area contributed by atoms with E-state index in [1.165, 1.54) is 39.0 Å². The van der Waals surface area contributed by atoms with Crippen molar-refractivity contribution in [3.05, 3.63) is 5.53 Å².